The third-order valence-electron chi connectivity index (χ3n) is 10.9. The molecule has 7 rings (SSSR count). The molecule has 1 fully saturated rings. The van der Waals surface area contributed by atoms with Gasteiger partial charge in [0.25, 0.3) is 0 Å². The highest BCUT2D eigenvalue weighted by Gasteiger charge is 2.56. The van der Waals surface area contributed by atoms with Gasteiger partial charge in [0, 0.05) is 62.1 Å². The zero-order chi connectivity index (χ0) is 41.0. The fourth-order valence-corrected chi connectivity index (χ4v) is 8.25. The second kappa shape index (κ2) is 17.1. The van der Waals surface area contributed by atoms with Crippen molar-refractivity contribution in [3.63, 3.8) is 0 Å². The van der Waals surface area contributed by atoms with E-state index >= 15 is 0 Å². The Kier molecular flexibility index (Phi) is 11.9. The molecule has 1 aliphatic carbocycles. The second-order valence-electron chi connectivity index (χ2n) is 14.9. The molecule has 0 bridgehead atoms. The molecule has 13 heteroatoms. The maximum Gasteiger partial charge on any atom is 0.340 e. The van der Waals surface area contributed by atoms with Crippen LogP contribution in [0.1, 0.15) is 65.9 Å². The average molecular weight is 795 g/mol. The number of rotatable bonds is 6. The lowest BCUT2D eigenvalue weighted by Gasteiger charge is -2.44. The number of nitrogens with zero attached hydrogens (tertiary/aromatic N) is 2. The van der Waals surface area contributed by atoms with Crippen molar-refractivity contribution in [2.75, 3.05) is 89.8 Å². The first-order chi connectivity index (χ1) is 28.0. The maximum atomic E-state index is 14.3. The molecule has 0 saturated carbocycles. The zero-order valence-corrected chi connectivity index (χ0v) is 33.9. The largest absolute Gasteiger partial charge is 0.495 e. The lowest BCUT2D eigenvalue weighted by atomic mass is 9.61. The SMILES string of the molecule is COc1ccccc1N1CCOCCOCCN(c2cc3c(cc2OC)C2(OC3=O)c3ccc(OC(C)=O)cc3C(C)(C)c3cc(OC(C)=O)ccc32)CCOCC1. The van der Waals surface area contributed by atoms with Crippen LogP contribution in [0, 0.1) is 0 Å². The number of methoxy groups -OCH3 is 2. The van der Waals surface area contributed by atoms with Crippen LogP contribution in [0.3, 0.4) is 0 Å². The molecule has 306 valence electrons. The van der Waals surface area contributed by atoms with Crippen LogP contribution in [0.2, 0.25) is 0 Å². The Balaban J connectivity index is 1.26. The summed E-state index contributed by atoms with van der Waals surface area (Å²) in [4.78, 5) is 42.6. The van der Waals surface area contributed by atoms with Gasteiger partial charge in [-0.05, 0) is 59.7 Å². The molecule has 0 radical (unpaired) electrons. The molecule has 0 atom stereocenters. The molecular formula is C45H50N2O11. The van der Waals surface area contributed by atoms with E-state index in [9.17, 15) is 14.4 Å². The molecule has 58 heavy (non-hydrogen) atoms. The molecule has 0 N–H and O–H groups in total. The van der Waals surface area contributed by atoms with Crippen molar-refractivity contribution in [3.8, 4) is 23.0 Å². The summed E-state index contributed by atoms with van der Waals surface area (Å²) < 4.78 is 47.6. The fraction of sp³-hybridized carbons (Fsp3) is 0.400. The van der Waals surface area contributed by atoms with Crippen molar-refractivity contribution in [2.45, 2.75) is 38.7 Å². The van der Waals surface area contributed by atoms with Gasteiger partial charge in [-0.15, -0.1) is 0 Å². The zero-order valence-electron chi connectivity index (χ0n) is 33.9. The van der Waals surface area contributed by atoms with Gasteiger partial charge in [0.2, 0.25) is 0 Å². The van der Waals surface area contributed by atoms with Crippen LogP contribution in [0.15, 0.2) is 72.8 Å². The summed E-state index contributed by atoms with van der Waals surface area (Å²) >= 11 is 0. The number of ether oxygens (including phenoxy) is 8. The molecule has 0 unspecified atom stereocenters. The van der Waals surface area contributed by atoms with E-state index in [1.165, 1.54) is 13.8 Å². The summed E-state index contributed by atoms with van der Waals surface area (Å²) in [5, 5.41) is 0. The highest BCUT2D eigenvalue weighted by molar-refractivity contribution is 5.99. The number of hydrogen-bond donors (Lipinski definition) is 0. The van der Waals surface area contributed by atoms with Gasteiger partial charge in [-0.3, -0.25) is 9.59 Å². The topological polar surface area (TPSA) is 132 Å². The van der Waals surface area contributed by atoms with E-state index in [1.807, 2.05) is 62.4 Å². The number of carbonyl (C=O) groups excluding carboxylic acids is 3. The van der Waals surface area contributed by atoms with E-state index in [1.54, 1.807) is 38.5 Å². The summed E-state index contributed by atoms with van der Waals surface area (Å²) in [5.41, 5.74) is 3.48. The fourth-order valence-electron chi connectivity index (χ4n) is 8.25. The molecule has 1 saturated heterocycles. The van der Waals surface area contributed by atoms with E-state index in [0.717, 1.165) is 22.6 Å². The van der Waals surface area contributed by atoms with Crippen molar-refractivity contribution >= 4 is 29.3 Å². The maximum absolute atomic E-state index is 14.3. The summed E-state index contributed by atoms with van der Waals surface area (Å²) in [6.45, 7) is 11.7. The minimum atomic E-state index is -1.40. The quantitative estimate of drug-likeness (QED) is 0.166. The predicted octanol–water partition coefficient (Wildman–Crippen LogP) is 6.03. The van der Waals surface area contributed by atoms with Gasteiger partial charge in [0.15, 0.2) is 5.60 Å². The Morgan fingerprint density at radius 1 is 0.586 bits per heavy atom. The van der Waals surface area contributed by atoms with Crippen LogP contribution < -0.4 is 28.7 Å². The summed E-state index contributed by atoms with van der Waals surface area (Å²) in [5.74, 6) is 0.584. The molecule has 1 spiro atoms. The monoisotopic (exact) mass is 794 g/mol. The molecule has 2 aliphatic heterocycles. The van der Waals surface area contributed by atoms with Gasteiger partial charge < -0.3 is 47.7 Å². The number of benzene rings is 4. The summed E-state index contributed by atoms with van der Waals surface area (Å²) in [7, 11) is 3.26. The van der Waals surface area contributed by atoms with Gasteiger partial charge in [-0.25, -0.2) is 4.79 Å². The first-order valence-electron chi connectivity index (χ1n) is 19.5. The molecule has 13 nitrogen and oxygen atoms in total. The second-order valence-corrected chi connectivity index (χ2v) is 14.9. The molecule has 4 aromatic carbocycles. The molecule has 3 aliphatic rings. The van der Waals surface area contributed by atoms with Crippen LogP contribution in [0.4, 0.5) is 11.4 Å². The van der Waals surface area contributed by atoms with Crippen LogP contribution in [-0.2, 0) is 39.6 Å². The third-order valence-corrected chi connectivity index (χ3v) is 10.9. The number of hydrogen-bond acceptors (Lipinski definition) is 13. The first kappa shape index (κ1) is 40.6. The number of anilines is 2. The van der Waals surface area contributed by atoms with E-state index in [4.69, 9.17) is 37.9 Å². The van der Waals surface area contributed by atoms with E-state index in [0.29, 0.717) is 111 Å². The van der Waals surface area contributed by atoms with E-state index < -0.39 is 28.9 Å². The van der Waals surface area contributed by atoms with Crippen molar-refractivity contribution in [2.24, 2.45) is 0 Å². The number of esters is 3. The first-order valence-corrected chi connectivity index (χ1v) is 19.5. The van der Waals surface area contributed by atoms with Crippen LogP contribution in [-0.4, -0.2) is 97.9 Å². The van der Waals surface area contributed by atoms with Crippen LogP contribution in [0.25, 0.3) is 0 Å². The lowest BCUT2D eigenvalue weighted by molar-refractivity contribution is -0.132. The average Bonchev–Trinajstić information content (AvgIpc) is 3.48. The van der Waals surface area contributed by atoms with Crippen molar-refractivity contribution in [1.82, 2.24) is 0 Å². The van der Waals surface area contributed by atoms with E-state index in [2.05, 4.69) is 9.80 Å². The van der Waals surface area contributed by atoms with Gasteiger partial charge in [0.05, 0.1) is 70.8 Å². The third kappa shape index (κ3) is 7.81. The highest BCUT2D eigenvalue weighted by atomic mass is 16.6. The van der Waals surface area contributed by atoms with Gasteiger partial charge >= 0.3 is 17.9 Å². The molecule has 0 aromatic heterocycles. The number of carbonyl (C=O) groups is 3. The minimum absolute atomic E-state index is 0.354. The van der Waals surface area contributed by atoms with Crippen LogP contribution in [0.5, 0.6) is 23.0 Å². The van der Waals surface area contributed by atoms with Crippen molar-refractivity contribution in [1.29, 1.82) is 0 Å². The van der Waals surface area contributed by atoms with Crippen LogP contribution >= 0.6 is 0 Å². The molecular weight excluding hydrogens is 744 g/mol. The van der Waals surface area contributed by atoms with Crippen molar-refractivity contribution < 1.29 is 52.3 Å². The van der Waals surface area contributed by atoms with Gasteiger partial charge in [-0.1, -0.05) is 38.1 Å². The highest BCUT2D eigenvalue weighted by Crippen LogP contribution is 2.58. The molecule has 2 heterocycles. The van der Waals surface area contributed by atoms with E-state index in [-0.39, 0.29) is 0 Å². The summed E-state index contributed by atoms with van der Waals surface area (Å²) in [6, 6.07) is 22.3. The number of fused-ring (bicyclic) bond motifs is 6. The van der Waals surface area contributed by atoms with Crippen molar-refractivity contribution in [3.05, 3.63) is 106 Å². The smallest absolute Gasteiger partial charge is 0.340 e. The molecule has 4 aromatic rings. The van der Waals surface area contributed by atoms with Gasteiger partial charge in [-0.2, -0.15) is 0 Å². The lowest BCUT2D eigenvalue weighted by Crippen LogP contribution is -2.41. The number of para-hydroxylation sites is 2. The summed E-state index contributed by atoms with van der Waals surface area (Å²) in [6.07, 6.45) is 0. The normalized spacial score (nSPS) is 17.8. The Bertz CT molecular complexity index is 2110. The standard InChI is InChI=1S/C45H50N2O11/c1-29(48)56-31-11-13-34-37(25-31)44(3,4)38-26-32(57-30(2)49)12-14-35(38)45(34)36-28-42(52-6)40(27-33(36)43(50)58-45)47-17-20-53-19-15-46(16-21-54-23-24-55-22-18-47)39-9-7-8-10-41(39)51-5/h7-14,25-28H,15-24H2,1-6H3. The van der Waals surface area contributed by atoms with Gasteiger partial charge in [0.1, 0.15) is 23.0 Å². The Morgan fingerprint density at radius 3 is 1.60 bits per heavy atom. The minimum Gasteiger partial charge on any atom is -0.495 e. The molecule has 0 amide bonds. The predicted molar refractivity (Wildman–Crippen MR) is 216 cm³/mol. The Labute approximate surface area is 338 Å². The Hall–Kier alpha value is -5.63. The Morgan fingerprint density at radius 2 is 1.09 bits per heavy atom.